The molecule has 0 saturated heterocycles. The minimum atomic E-state index is -1.10. The van der Waals surface area contributed by atoms with Crippen LogP contribution in [0.15, 0.2) is 12.2 Å². The number of rotatable bonds is 6. The van der Waals surface area contributed by atoms with Crippen LogP contribution >= 0.6 is 0 Å². The standard InChI is InChI=1S/C31H52O3/c1-21(9-8-14-27(4,33)20-32)22-12-15-29(6)24-11-10-23-26(2,3)25(34-7)13-16-30(23)19-31(24,30)18-17-28(22,29)5/h8,14,21-25,32-33H,9-13,15-20H2,1-7H3/b14-8+/t21-,22-,23+,24+,25+,27+,28-,29+,30-,31+/m1/s1. The summed E-state index contributed by atoms with van der Waals surface area (Å²) in [7, 11) is 1.94. The van der Waals surface area contributed by atoms with Crippen LogP contribution in [0.2, 0.25) is 0 Å². The Hall–Kier alpha value is -0.380. The maximum atomic E-state index is 10.2. The number of ether oxygens (including phenoxy) is 1. The zero-order valence-corrected chi connectivity index (χ0v) is 23.1. The Labute approximate surface area is 209 Å². The average molecular weight is 473 g/mol. The molecule has 0 unspecified atom stereocenters. The zero-order chi connectivity index (χ0) is 24.8. The largest absolute Gasteiger partial charge is 0.393 e. The smallest absolute Gasteiger partial charge is 0.103 e. The van der Waals surface area contributed by atoms with Crippen molar-refractivity contribution in [1.29, 1.82) is 0 Å². The quantitative estimate of drug-likeness (QED) is 0.420. The van der Waals surface area contributed by atoms with Gasteiger partial charge in [0.25, 0.3) is 0 Å². The van der Waals surface area contributed by atoms with Crippen molar-refractivity contribution in [3.8, 4) is 0 Å². The van der Waals surface area contributed by atoms with Crippen molar-refractivity contribution >= 4 is 0 Å². The summed E-state index contributed by atoms with van der Waals surface area (Å²) in [6.45, 7) is 14.3. The Morgan fingerprint density at radius 1 is 0.941 bits per heavy atom. The number of hydrogen-bond donors (Lipinski definition) is 2. The molecule has 5 aliphatic rings. The van der Waals surface area contributed by atoms with Crippen LogP contribution in [0.3, 0.4) is 0 Å². The fourth-order valence-corrected chi connectivity index (χ4v) is 11.5. The highest BCUT2D eigenvalue weighted by Gasteiger charge is 2.82. The first-order chi connectivity index (χ1) is 15.8. The molecule has 0 aliphatic heterocycles. The van der Waals surface area contributed by atoms with E-state index in [2.05, 4.69) is 40.7 Å². The summed E-state index contributed by atoms with van der Waals surface area (Å²) < 4.78 is 6.02. The van der Waals surface area contributed by atoms with Crippen molar-refractivity contribution in [3.05, 3.63) is 12.2 Å². The molecule has 10 atom stereocenters. The number of aliphatic hydroxyl groups is 2. The molecule has 3 heteroatoms. The Morgan fingerprint density at radius 3 is 2.29 bits per heavy atom. The fourth-order valence-electron chi connectivity index (χ4n) is 11.5. The van der Waals surface area contributed by atoms with Gasteiger partial charge in [0.2, 0.25) is 0 Å². The molecular weight excluding hydrogens is 420 g/mol. The van der Waals surface area contributed by atoms with Gasteiger partial charge in [-0.15, -0.1) is 0 Å². The molecule has 0 aromatic rings. The second kappa shape index (κ2) is 7.81. The van der Waals surface area contributed by atoms with E-state index in [0.717, 1.165) is 24.2 Å². The number of allylic oxidation sites excluding steroid dienone is 1. The van der Waals surface area contributed by atoms with E-state index in [-0.39, 0.29) is 6.61 Å². The Morgan fingerprint density at radius 2 is 1.62 bits per heavy atom. The van der Waals surface area contributed by atoms with Gasteiger partial charge in [-0.1, -0.05) is 46.8 Å². The Bertz CT molecular complexity index is 831. The number of aliphatic hydroxyl groups excluding tert-OH is 1. The molecule has 0 heterocycles. The van der Waals surface area contributed by atoms with Gasteiger partial charge in [0, 0.05) is 7.11 Å². The zero-order valence-electron chi connectivity index (χ0n) is 23.1. The first-order valence-corrected chi connectivity index (χ1v) is 14.4. The molecule has 3 nitrogen and oxygen atoms in total. The lowest BCUT2D eigenvalue weighted by atomic mass is 9.41. The van der Waals surface area contributed by atoms with Crippen molar-refractivity contribution in [2.24, 2.45) is 50.7 Å². The van der Waals surface area contributed by atoms with Gasteiger partial charge in [-0.3, -0.25) is 0 Å². The predicted octanol–water partition coefficient (Wildman–Crippen LogP) is 6.77. The molecule has 5 fully saturated rings. The summed E-state index contributed by atoms with van der Waals surface area (Å²) in [5.74, 6) is 3.11. The maximum Gasteiger partial charge on any atom is 0.103 e. The Balaban J connectivity index is 1.37. The minimum absolute atomic E-state index is 0.217. The van der Waals surface area contributed by atoms with E-state index in [1.165, 1.54) is 57.8 Å². The third-order valence-electron chi connectivity index (χ3n) is 13.4. The highest BCUT2D eigenvalue weighted by atomic mass is 16.5. The number of methoxy groups -OCH3 is 1. The molecule has 2 spiro atoms. The summed E-state index contributed by atoms with van der Waals surface area (Å²) in [5.41, 5.74) is 1.30. The summed E-state index contributed by atoms with van der Waals surface area (Å²) >= 11 is 0. The molecule has 5 rings (SSSR count). The second-order valence-corrected chi connectivity index (χ2v) is 14.9. The molecule has 34 heavy (non-hydrogen) atoms. The summed E-state index contributed by atoms with van der Waals surface area (Å²) in [5, 5.41) is 19.5. The molecule has 194 valence electrons. The summed E-state index contributed by atoms with van der Waals surface area (Å²) in [4.78, 5) is 0. The van der Waals surface area contributed by atoms with E-state index in [0.29, 0.717) is 39.1 Å². The first-order valence-electron chi connectivity index (χ1n) is 14.4. The summed E-state index contributed by atoms with van der Waals surface area (Å²) in [6, 6.07) is 0. The topological polar surface area (TPSA) is 49.7 Å². The van der Waals surface area contributed by atoms with Gasteiger partial charge in [-0.05, 0) is 122 Å². The van der Waals surface area contributed by atoms with Crippen LogP contribution in [0, 0.1) is 50.7 Å². The molecule has 0 aromatic heterocycles. The monoisotopic (exact) mass is 472 g/mol. The van der Waals surface area contributed by atoms with Gasteiger partial charge >= 0.3 is 0 Å². The van der Waals surface area contributed by atoms with Crippen molar-refractivity contribution < 1.29 is 14.9 Å². The minimum Gasteiger partial charge on any atom is -0.393 e. The van der Waals surface area contributed by atoms with E-state index >= 15 is 0 Å². The molecule has 0 radical (unpaired) electrons. The van der Waals surface area contributed by atoms with E-state index in [1.807, 2.05) is 13.2 Å². The van der Waals surface area contributed by atoms with E-state index < -0.39 is 5.60 Å². The Kier molecular flexibility index (Phi) is 5.81. The van der Waals surface area contributed by atoms with Crippen molar-refractivity contribution in [1.82, 2.24) is 0 Å². The number of hydrogen-bond acceptors (Lipinski definition) is 3. The van der Waals surface area contributed by atoms with Crippen LogP contribution < -0.4 is 0 Å². The van der Waals surface area contributed by atoms with E-state index in [1.54, 1.807) is 6.92 Å². The van der Waals surface area contributed by atoms with Crippen molar-refractivity contribution in [2.75, 3.05) is 13.7 Å². The van der Waals surface area contributed by atoms with Gasteiger partial charge < -0.3 is 14.9 Å². The van der Waals surface area contributed by atoms with Crippen LogP contribution in [-0.2, 0) is 4.74 Å². The molecule has 0 amide bonds. The fraction of sp³-hybridized carbons (Fsp3) is 0.935. The van der Waals surface area contributed by atoms with Crippen molar-refractivity contribution in [2.45, 2.75) is 117 Å². The summed E-state index contributed by atoms with van der Waals surface area (Å²) in [6.07, 6.45) is 18.0. The third kappa shape index (κ3) is 3.11. The van der Waals surface area contributed by atoms with Gasteiger partial charge in [-0.25, -0.2) is 0 Å². The average Bonchev–Trinajstić information content (AvgIpc) is 3.35. The van der Waals surface area contributed by atoms with Gasteiger partial charge in [0.15, 0.2) is 0 Å². The van der Waals surface area contributed by atoms with Crippen LogP contribution in [0.5, 0.6) is 0 Å². The van der Waals surface area contributed by atoms with Gasteiger partial charge in [-0.2, -0.15) is 0 Å². The van der Waals surface area contributed by atoms with Crippen molar-refractivity contribution in [3.63, 3.8) is 0 Å². The van der Waals surface area contributed by atoms with Crippen LogP contribution in [0.1, 0.15) is 106 Å². The molecular formula is C31H52O3. The highest BCUT2D eigenvalue weighted by Crippen LogP contribution is 2.89. The van der Waals surface area contributed by atoms with Gasteiger partial charge in [0.1, 0.15) is 5.60 Å². The van der Waals surface area contributed by atoms with Crippen LogP contribution in [0.4, 0.5) is 0 Å². The maximum absolute atomic E-state index is 10.2. The molecule has 2 N–H and O–H groups in total. The second-order valence-electron chi connectivity index (χ2n) is 14.9. The van der Waals surface area contributed by atoms with E-state index in [4.69, 9.17) is 4.74 Å². The predicted molar refractivity (Wildman–Crippen MR) is 138 cm³/mol. The lowest BCUT2D eigenvalue weighted by Gasteiger charge is -2.63. The first kappa shape index (κ1) is 25.3. The molecule has 5 aliphatic carbocycles. The van der Waals surface area contributed by atoms with Crippen LogP contribution in [0.25, 0.3) is 0 Å². The van der Waals surface area contributed by atoms with E-state index in [9.17, 15) is 10.2 Å². The lowest BCUT2D eigenvalue weighted by molar-refractivity contribution is -0.166. The molecule has 0 bridgehead atoms. The normalized spacial score (nSPS) is 51.7. The molecule has 0 aromatic carbocycles. The van der Waals surface area contributed by atoms with Gasteiger partial charge in [0.05, 0.1) is 12.7 Å². The highest BCUT2D eigenvalue weighted by molar-refractivity contribution is 5.30. The number of fused-ring (bicyclic) bond motifs is 2. The lowest BCUT2D eigenvalue weighted by Crippen LogP contribution is -2.57. The third-order valence-corrected chi connectivity index (χ3v) is 13.4. The molecule has 5 saturated carbocycles. The van der Waals surface area contributed by atoms with Crippen LogP contribution in [-0.4, -0.2) is 35.6 Å². The SMILES string of the molecule is CO[C@H]1CC[C@]23C[C@]24CC[C@]2(C)[C@@H]([C@H](C)C/C=C/[C@](C)(O)CO)CC[C@@]2(C)[C@@H]4CC[C@H]3C1(C)C.